The van der Waals surface area contributed by atoms with Crippen LogP contribution in [0.15, 0.2) is 10.9 Å². The van der Waals surface area contributed by atoms with Crippen molar-refractivity contribution in [2.75, 3.05) is 6.61 Å². The molecule has 0 unspecified atom stereocenters. The van der Waals surface area contributed by atoms with Crippen LogP contribution in [0.5, 0.6) is 5.75 Å². The predicted octanol–water partition coefficient (Wildman–Crippen LogP) is 3.72. The Bertz CT molecular complexity index is 847. The number of rotatable bonds is 3. The lowest BCUT2D eigenvalue weighted by molar-refractivity contribution is 0.340. The lowest BCUT2D eigenvalue weighted by Crippen LogP contribution is -2.22. The van der Waals surface area contributed by atoms with Crippen molar-refractivity contribution in [3.8, 4) is 17.5 Å². The first kappa shape index (κ1) is 16.8. The van der Waals surface area contributed by atoms with E-state index in [1.165, 1.54) is 7.05 Å². The van der Waals surface area contributed by atoms with Crippen molar-refractivity contribution in [2.24, 2.45) is 7.05 Å². The lowest BCUT2D eigenvalue weighted by Gasteiger charge is -2.14. The minimum atomic E-state index is -0.479. The normalized spacial score (nSPS) is 10.6. The Morgan fingerprint density at radius 2 is 1.95 bits per heavy atom. The topological polar surface area (TPSA) is 60.0 Å². The number of aryl methyl sites for hydroxylation is 1. The third-order valence-electron chi connectivity index (χ3n) is 3.16. The minimum Gasteiger partial charge on any atom is -0.491 e. The smallest absolute Gasteiger partial charge is 0.334 e. The van der Waals surface area contributed by atoms with Crippen LogP contribution in [0.25, 0.3) is 5.69 Å². The zero-order chi connectivity index (χ0) is 16.6. The van der Waals surface area contributed by atoms with Gasteiger partial charge in [0.2, 0.25) is 0 Å². The molecule has 1 heterocycles. The van der Waals surface area contributed by atoms with E-state index >= 15 is 0 Å². The number of ether oxygens (including phenoxy) is 1. The number of imidazole rings is 1. The highest BCUT2D eigenvalue weighted by Gasteiger charge is 2.23. The van der Waals surface area contributed by atoms with E-state index in [1.54, 1.807) is 19.9 Å². The summed E-state index contributed by atoms with van der Waals surface area (Å²) in [5.41, 5.74) is 0.565. The maximum atomic E-state index is 12.3. The number of benzene rings is 1. The Labute approximate surface area is 142 Å². The van der Waals surface area contributed by atoms with Crippen LogP contribution in [-0.4, -0.2) is 15.7 Å². The molecule has 0 saturated carbocycles. The van der Waals surface area contributed by atoms with Crippen LogP contribution < -0.4 is 10.4 Å². The number of nitrogens with zero attached hydrogens (tertiary/aromatic N) is 3. The van der Waals surface area contributed by atoms with Crippen LogP contribution in [0.1, 0.15) is 18.2 Å². The van der Waals surface area contributed by atoms with Gasteiger partial charge in [-0.15, -0.1) is 0 Å². The quantitative estimate of drug-likeness (QED) is 0.838. The fourth-order valence-corrected chi connectivity index (χ4v) is 2.93. The van der Waals surface area contributed by atoms with E-state index in [-0.39, 0.29) is 21.6 Å². The summed E-state index contributed by atoms with van der Waals surface area (Å²) in [5.74, 6) is 0.283. The first-order chi connectivity index (χ1) is 10.3. The summed E-state index contributed by atoms with van der Waals surface area (Å²) < 4.78 is 7.78. The largest absolute Gasteiger partial charge is 0.491 e. The molecule has 0 bridgehead atoms. The molecule has 0 N–H and O–H groups in total. The van der Waals surface area contributed by atoms with E-state index in [1.807, 2.05) is 6.07 Å². The van der Waals surface area contributed by atoms with Crippen molar-refractivity contribution >= 4 is 34.8 Å². The summed E-state index contributed by atoms with van der Waals surface area (Å²) in [5, 5.41) is 9.63. The highest BCUT2D eigenvalue weighted by molar-refractivity contribution is 6.39. The highest BCUT2D eigenvalue weighted by Crippen LogP contribution is 2.40. The van der Waals surface area contributed by atoms with Crippen LogP contribution in [0.3, 0.4) is 0 Å². The van der Waals surface area contributed by atoms with Crippen molar-refractivity contribution in [3.05, 3.63) is 43.0 Å². The van der Waals surface area contributed by atoms with Gasteiger partial charge in [-0.2, -0.15) is 5.26 Å². The Balaban J connectivity index is 2.86. The Morgan fingerprint density at radius 1 is 1.32 bits per heavy atom. The van der Waals surface area contributed by atoms with Gasteiger partial charge in [0.05, 0.1) is 17.3 Å². The van der Waals surface area contributed by atoms with E-state index in [9.17, 15) is 4.79 Å². The van der Waals surface area contributed by atoms with E-state index < -0.39 is 5.69 Å². The molecule has 0 atom stereocenters. The standard InChI is InChI=1S/C14H12Cl3N3O2/c1-4-22-12-10(15)7(2)5-8(11(12)16)20-13(17)9(6-18)19(3)14(20)21/h5H,4H2,1-3H3. The van der Waals surface area contributed by atoms with Gasteiger partial charge in [0, 0.05) is 7.05 Å². The average molecular weight is 361 g/mol. The van der Waals surface area contributed by atoms with E-state index in [0.29, 0.717) is 22.9 Å². The number of hydrogen-bond acceptors (Lipinski definition) is 3. The van der Waals surface area contributed by atoms with Gasteiger partial charge in [0.15, 0.2) is 16.6 Å². The van der Waals surface area contributed by atoms with Crippen LogP contribution in [-0.2, 0) is 7.05 Å². The van der Waals surface area contributed by atoms with Crippen LogP contribution in [0.4, 0.5) is 0 Å². The molecular weight excluding hydrogens is 349 g/mol. The third kappa shape index (κ3) is 2.48. The zero-order valence-corrected chi connectivity index (χ0v) is 14.3. The molecule has 0 aliphatic rings. The van der Waals surface area contributed by atoms with E-state index in [0.717, 1.165) is 9.13 Å². The van der Waals surface area contributed by atoms with Gasteiger partial charge in [0.25, 0.3) is 0 Å². The van der Waals surface area contributed by atoms with Gasteiger partial charge >= 0.3 is 5.69 Å². The molecule has 0 spiro atoms. The van der Waals surface area contributed by atoms with Gasteiger partial charge in [-0.1, -0.05) is 34.8 Å². The van der Waals surface area contributed by atoms with E-state index in [4.69, 9.17) is 44.8 Å². The average Bonchev–Trinajstić information content (AvgIpc) is 2.69. The second-order valence-electron chi connectivity index (χ2n) is 4.53. The summed E-state index contributed by atoms with van der Waals surface area (Å²) >= 11 is 18.7. The molecule has 2 rings (SSSR count). The summed E-state index contributed by atoms with van der Waals surface area (Å²) in [6, 6.07) is 3.52. The number of hydrogen-bond donors (Lipinski definition) is 0. The van der Waals surface area contributed by atoms with Crippen LogP contribution in [0, 0.1) is 18.3 Å². The molecule has 5 nitrogen and oxygen atoms in total. The van der Waals surface area contributed by atoms with Gasteiger partial charge in [-0.25, -0.2) is 9.36 Å². The summed E-state index contributed by atoms with van der Waals surface area (Å²) in [6.07, 6.45) is 0. The first-order valence-electron chi connectivity index (χ1n) is 6.34. The Kier molecular flexibility index (Phi) is 4.76. The second kappa shape index (κ2) is 6.25. The lowest BCUT2D eigenvalue weighted by atomic mass is 10.2. The molecule has 22 heavy (non-hydrogen) atoms. The van der Waals surface area contributed by atoms with Gasteiger partial charge in [0.1, 0.15) is 11.1 Å². The monoisotopic (exact) mass is 359 g/mol. The third-order valence-corrected chi connectivity index (χ3v) is 4.35. The summed E-state index contributed by atoms with van der Waals surface area (Å²) in [4.78, 5) is 12.3. The van der Waals surface area contributed by atoms with Gasteiger partial charge in [-0.3, -0.25) is 4.57 Å². The molecule has 1 aromatic heterocycles. The molecule has 2 aromatic rings. The number of nitriles is 1. The Hall–Kier alpha value is -1.61. The predicted molar refractivity (Wildman–Crippen MR) is 86.7 cm³/mol. The minimum absolute atomic E-state index is 0.0129. The first-order valence-corrected chi connectivity index (χ1v) is 7.47. The molecule has 8 heteroatoms. The highest BCUT2D eigenvalue weighted by atomic mass is 35.5. The Morgan fingerprint density at radius 3 is 2.45 bits per heavy atom. The molecule has 0 amide bonds. The van der Waals surface area contributed by atoms with Crippen molar-refractivity contribution in [1.82, 2.24) is 9.13 Å². The molecule has 0 aliphatic heterocycles. The van der Waals surface area contributed by atoms with E-state index in [2.05, 4.69) is 0 Å². The van der Waals surface area contributed by atoms with Crippen molar-refractivity contribution in [3.63, 3.8) is 0 Å². The van der Waals surface area contributed by atoms with Crippen LogP contribution >= 0.6 is 34.8 Å². The molecule has 1 aromatic carbocycles. The number of aromatic nitrogens is 2. The zero-order valence-electron chi connectivity index (χ0n) is 12.1. The second-order valence-corrected chi connectivity index (χ2v) is 5.64. The molecule has 0 radical (unpaired) electrons. The van der Waals surface area contributed by atoms with Gasteiger partial charge in [-0.05, 0) is 25.5 Å². The number of halogens is 3. The fourth-order valence-electron chi connectivity index (χ4n) is 2.06. The van der Waals surface area contributed by atoms with Crippen molar-refractivity contribution < 1.29 is 4.74 Å². The van der Waals surface area contributed by atoms with Crippen molar-refractivity contribution in [2.45, 2.75) is 13.8 Å². The summed E-state index contributed by atoms with van der Waals surface area (Å²) in [6.45, 7) is 3.92. The van der Waals surface area contributed by atoms with Crippen LogP contribution in [0.2, 0.25) is 15.2 Å². The van der Waals surface area contributed by atoms with Gasteiger partial charge < -0.3 is 4.74 Å². The fraction of sp³-hybridized carbons (Fsp3) is 0.286. The molecule has 116 valence electrons. The maximum Gasteiger partial charge on any atom is 0.334 e. The van der Waals surface area contributed by atoms with Crippen molar-refractivity contribution in [1.29, 1.82) is 5.26 Å². The SMILES string of the molecule is CCOc1c(Cl)c(C)cc(-n2c(Cl)c(C#N)n(C)c2=O)c1Cl. The summed E-state index contributed by atoms with van der Waals surface area (Å²) in [7, 11) is 1.46. The maximum absolute atomic E-state index is 12.3. The molecule has 0 fully saturated rings. The molecular formula is C14H12Cl3N3O2. The molecule has 0 aliphatic carbocycles. The molecule has 0 saturated heterocycles.